The van der Waals surface area contributed by atoms with Crippen LogP contribution in [0.1, 0.15) is 22.8 Å². The van der Waals surface area contributed by atoms with E-state index in [0.29, 0.717) is 18.7 Å². The molecule has 2 aromatic rings. The van der Waals surface area contributed by atoms with Crippen LogP contribution >= 0.6 is 15.9 Å². The summed E-state index contributed by atoms with van der Waals surface area (Å²) in [5.74, 6) is -0.0713. The van der Waals surface area contributed by atoms with Crippen molar-refractivity contribution in [3.63, 3.8) is 0 Å². The number of carbonyl (C=O) groups excluding carboxylic acids is 1. The maximum atomic E-state index is 12.9. The van der Waals surface area contributed by atoms with Crippen LogP contribution in [0, 0.1) is 0 Å². The summed E-state index contributed by atoms with van der Waals surface area (Å²) in [6.45, 7) is 2.61. The summed E-state index contributed by atoms with van der Waals surface area (Å²) >= 11 is 3.57. The molecular weight excluding hydrogens is 446 g/mol. The van der Waals surface area contributed by atoms with Gasteiger partial charge >= 0.3 is 6.61 Å². The van der Waals surface area contributed by atoms with Gasteiger partial charge in [-0.2, -0.15) is 8.78 Å². The molecule has 0 N–H and O–H groups in total. The molecule has 5 nitrogen and oxygen atoms in total. The van der Waals surface area contributed by atoms with Gasteiger partial charge in [0.15, 0.2) is 11.5 Å². The zero-order chi connectivity index (χ0) is 20.8. The van der Waals surface area contributed by atoms with Crippen molar-refractivity contribution in [2.45, 2.75) is 20.1 Å². The first-order valence-corrected chi connectivity index (χ1v) is 10.2. The van der Waals surface area contributed by atoms with Crippen molar-refractivity contribution in [1.29, 1.82) is 0 Å². The van der Waals surface area contributed by atoms with Gasteiger partial charge in [0.1, 0.15) is 0 Å². The summed E-state index contributed by atoms with van der Waals surface area (Å²) in [6.07, 6.45) is 0. The van der Waals surface area contributed by atoms with Crippen molar-refractivity contribution in [2.75, 3.05) is 32.8 Å². The minimum atomic E-state index is -2.95. The van der Waals surface area contributed by atoms with Crippen molar-refractivity contribution in [2.24, 2.45) is 0 Å². The molecule has 156 valence electrons. The van der Waals surface area contributed by atoms with Crippen molar-refractivity contribution in [3.8, 4) is 11.5 Å². The summed E-state index contributed by atoms with van der Waals surface area (Å²) in [5.41, 5.74) is 1.61. The predicted octanol–water partition coefficient (Wildman–Crippen LogP) is 4.41. The Morgan fingerprint density at radius 1 is 1.10 bits per heavy atom. The van der Waals surface area contributed by atoms with Crippen molar-refractivity contribution < 1.29 is 23.0 Å². The Kier molecular flexibility index (Phi) is 7.44. The van der Waals surface area contributed by atoms with E-state index in [1.54, 1.807) is 11.8 Å². The van der Waals surface area contributed by atoms with E-state index < -0.39 is 6.61 Å². The molecule has 1 saturated heterocycles. The lowest BCUT2D eigenvalue weighted by atomic mass is 10.1. The molecule has 8 heteroatoms. The first-order valence-electron chi connectivity index (χ1n) is 9.44. The van der Waals surface area contributed by atoms with Gasteiger partial charge in [-0.3, -0.25) is 9.69 Å². The maximum absolute atomic E-state index is 12.9. The van der Waals surface area contributed by atoms with Crippen LogP contribution in [0.5, 0.6) is 11.5 Å². The highest BCUT2D eigenvalue weighted by molar-refractivity contribution is 9.10. The molecule has 0 bridgehead atoms. The highest BCUT2D eigenvalue weighted by Crippen LogP contribution is 2.30. The lowest BCUT2D eigenvalue weighted by Crippen LogP contribution is -2.48. The largest absolute Gasteiger partial charge is 0.490 e. The molecule has 3 rings (SSSR count). The number of rotatable bonds is 7. The van der Waals surface area contributed by atoms with E-state index in [0.717, 1.165) is 24.1 Å². The molecule has 1 aliphatic heterocycles. The Hall–Kier alpha value is -2.19. The Labute approximate surface area is 177 Å². The van der Waals surface area contributed by atoms with Crippen molar-refractivity contribution >= 4 is 21.8 Å². The second kappa shape index (κ2) is 10.0. The molecule has 0 radical (unpaired) electrons. The minimum absolute atomic E-state index is 0.0725. The minimum Gasteiger partial charge on any atom is -0.490 e. The van der Waals surface area contributed by atoms with E-state index in [-0.39, 0.29) is 24.0 Å². The highest BCUT2D eigenvalue weighted by Gasteiger charge is 2.24. The van der Waals surface area contributed by atoms with E-state index in [1.807, 2.05) is 18.2 Å². The smallest absolute Gasteiger partial charge is 0.387 e. The fourth-order valence-electron chi connectivity index (χ4n) is 3.26. The number of ether oxygens (including phenoxy) is 2. The first kappa shape index (κ1) is 21.5. The molecule has 1 heterocycles. The van der Waals surface area contributed by atoms with Gasteiger partial charge in [-0.05, 0) is 36.8 Å². The summed E-state index contributed by atoms with van der Waals surface area (Å²) in [4.78, 5) is 16.9. The second-order valence-electron chi connectivity index (χ2n) is 6.63. The third kappa shape index (κ3) is 5.67. The van der Waals surface area contributed by atoms with Gasteiger partial charge in [0.2, 0.25) is 0 Å². The molecule has 1 fully saturated rings. The quantitative estimate of drug-likeness (QED) is 0.603. The number of carbonyl (C=O) groups is 1. The average Bonchev–Trinajstić information content (AvgIpc) is 2.71. The van der Waals surface area contributed by atoms with Crippen LogP contribution in [0.4, 0.5) is 8.78 Å². The monoisotopic (exact) mass is 468 g/mol. The van der Waals surface area contributed by atoms with Crippen LogP contribution in [0.2, 0.25) is 0 Å². The van der Waals surface area contributed by atoms with Gasteiger partial charge in [-0.1, -0.05) is 34.1 Å². The lowest BCUT2D eigenvalue weighted by Gasteiger charge is -2.35. The SMILES string of the molecule is CCOc1cc(C(=O)N2CCN(Cc3ccccc3Br)CC2)ccc1OC(F)F. The molecule has 0 spiro atoms. The summed E-state index contributed by atoms with van der Waals surface area (Å²) in [6, 6.07) is 12.4. The number of piperazine rings is 1. The second-order valence-corrected chi connectivity index (χ2v) is 7.49. The molecule has 0 atom stereocenters. The molecule has 0 aliphatic carbocycles. The van der Waals surface area contributed by atoms with E-state index in [4.69, 9.17) is 4.74 Å². The van der Waals surface area contributed by atoms with Crippen LogP contribution in [-0.2, 0) is 6.54 Å². The number of nitrogens with zero attached hydrogens (tertiary/aromatic N) is 2. The molecule has 0 aromatic heterocycles. The third-order valence-electron chi connectivity index (χ3n) is 4.72. The molecule has 0 unspecified atom stereocenters. The van der Waals surface area contributed by atoms with E-state index in [1.165, 1.54) is 23.8 Å². The molecule has 1 amide bonds. The Morgan fingerprint density at radius 3 is 2.48 bits per heavy atom. The summed E-state index contributed by atoms with van der Waals surface area (Å²) in [7, 11) is 0. The third-order valence-corrected chi connectivity index (χ3v) is 5.49. The molecule has 29 heavy (non-hydrogen) atoms. The van der Waals surface area contributed by atoms with Crippen LogP contribution < -0.4 is 9.47 Å². The molecule has 1 aliphatic rings. The van der Waals surface area contributed by atoms with Gasteiger partial charge < -0.3 is 14.4 Å². The lowest BCUT2D eigenvalue weighted by molar-refractivity contribution is -0.0514. The van der Waals surface area contributed by atoms with E-state index in [9.17, 15) is 13.6 Å². The zero-order valence-electron chi connectivity index (χ0n) is 16.1. The van der Waals surface area contributed by atoms with Gasteiger partial charge in [0, 0.05) is 42.8 Å². The first-order chi connectivity index (χ1) is 14.0. The van der Waals surface area contributed by atoms with Gasteiger partial charge in [-0.15, -0.1) is 0 Å². The number of hydrogen-bond acceptors (Lipinski definition) is 4. The predicted molar refractivity (Wildman–Crippen MR) is 110 cm³/mol. The fourth-order valence-corrected chi connectivity index (χ4v) is 3.67. The Bertz CT molecular complexity index is 842. The Morgan fingerprint density at radius 2 is 1.83 bits per heavy atom. The number of hydrogen-bond donors (Lipinski definition) is 0. The van der Waals surface area contributed by atoms with Crippen LogP contribution in [0.15, 0.2) is 46.9 Å². The maximum Gasteiger partial charge on any atom is 0.387 e. The average molecular weight is 469 g/mol. The van der Waals surface area contributed by atoms with Crippen molar-refractivity contribution in [1.82, 2.24) is 9.80 Å². The molecular formula is C21H23BrF2N2O3. The standard InChI is InChI=1S/C21H23BrF2N2O3/c1-2-28-19-13-15(7-8-18(19)29-21(23)24)20(27)26-11-9-25(10-12-26)14-16-5-3-4-6-17(16)22/h3-8,13,21H,2,9-12,14H2,1H3. The topological polar surface area (TPSA) is 42.0 Å². The van der Waals surface area contributed by atoms with Gasteiger partial charge in [0.25, 0.3) is 5.91 Å². The molecule has 0 saturated carbocycles. The van der Waals surface area contributed by atoms with Crippen molar-refractivity contribution in [3.05, 3.63) is 58.1 Å². The zero-order valence-corrected chi connectivity index (χ0v) is 17.7. The van der Waals surface area contributed by atoms with Gasteiger partial charge in [0.05, 0.1) is 6.61 Å². The van der Waals surface area contributed by atoms with Gasteiger partial charge in [-0.25, -0.2) is 0 Å². The fraction of sp³-hybridized carbons (Fsp3) is 0.381. The normalized spacial score (nSPS) is 14.9. The van der Waals surface area contributed by atoms with Crippen LogP contribution in [-0.4, -0.2) is 55.1 Å². The van der Waals surface area contributed by atoms with E-state index in [2.05, 4.69) is 31.6 Å². The summed E-state index contributed by atoms with van der Waals surface area (Å²) in [5, 5.41) is 0. The number of halogens is 3. The van der Waals surface area contributed by atoms with E-state index >= 15 is 0 Å². The molecule has 2 aromatic carbocycles. The van der Waals surface area contributed by atoms with Crippen LogP contribution in [0.3, 0.4) is 0 Å². The number of benzene rings is 2. The summed E-state index contributed by atoms with van der Waals surface area (Å²) < 4.78 is 36.0. The highest BCUT2D eigenvalue weighted by atomic mass is 79.9. The van der Waals surface area contributed by atoms with Crippen LogP contribution in [0.25, 0.3) is 0 Å². The number of alkyl halides is 2. The number of amides is 1. The Balaban J connectivity index is 1.62.